The van der Waals surface area contributed by atoms with Crippen LogP contribution in [0.2, 0.25) is 5.02 Å². The molecule has 2 fully saturated rings. The third kappa shape index (κ3) is 4.08. The Morgan fingerprint density at radius 1 is 1.22 bits per heavy atom. The van der Waals surface area contributed by atoms with Crippen molar-refractivity contribution in [2.75, 3.05) is 0 Å². The van der Waals surface area contributed by atoms with Gasteiger partial charge in [0.05, 0.1) is 5.02 Å². The molecule has 27 heavy (non-hydrogen) atoms. The van der Waals surface area contributed by atoms with Crippen LogP contribution in [0.3, 0.4) is 0 Å². The van der Waals surface area contributed by atoms with Gasteiger partial charge in [0.2, 0.25) is 11.8 Å². The Labute approximate surface area is 163 Å². The molecule has 2 aromatic rings. The largest absolute Gasteiger partial charge is 0.474 e. The number of piperidine rings is 1. The van der Waals surface area contributed by atoms with Gasteiger partial charge in [0, 0.05) is 43.6 Å². The van der Waals surface area contributed by atoms with Gasteiger partial charge in [-0.25, -0.2) is 9.37 Å². The number of pyridine rings is 1. The summed E-state index contributed by atoms with van der Waals surface area (Å²) in [6, 6.07) is 10.8. The predicted molar refractivity (Wildman–Crippen MR) is 101 cm³/mol. The van der Waals surface area contributed by atoms with Gasteiger partial charge < -0.3 is 9.64 Å². The maximum absolute atomic E-state index is 13.6. The fourth-order valence-corrected chi connectivity index (χ4v) is 4.41. The van der Waals surface area contributed by atoms with Crippen molar-refractivity contribution in [3.05, 3.63) is 59.0 Å². The molecule has 2 unspecified atom stereocenters. The highest BCUT2D eigenvalue weighted by Crippen LogP contribution is 2.37. The first kappa shape index (κ1) is 18.2. The van der Waals surface area contributed by atoms with Crippen molar-refractivity contribution < 1.29 is 13.9 Å². The molecule has 2 aliphatic rings. The van der Waals surface area contributed by atoms with Crippen LogP contribution in [0.1, 0.15) is 37.7 Å². The van der Waals surface area contributed by atoms with Crippen LogP contribution in [-0.4, -0.2) is 34.0 Å². The Balaban J connectivity index is 1.34. The lowest BCUT2D eigenvalue weighted by atomic mass is 9.98. The zero-order valence-corrected chi connectivity index (χ0v) is 15.7. The summed E-state index contributed by atoms with van der Waals surface area (Å²) in [5.74, 6) is 0.356. The topological polar surface area (TPSA) is 42.4 Å². The SMILES string of the molecule is O=C(CCc1ccc(Cl)c(F)c1)N1C2CCC1CC(Oc1ccccn1)C2. The number of ether oxygens (including phenoxy) is 1. The molecular weight excluding hydrogens is 367 g/mol. The van der Waals surface area contributed by atoms with Crippen molar-refractivity contribution in [1.29, 1.82) is 0 Å². The molecule has 0 spiro atoms. The maximum Gasteiger partial charge on any atom is 0.223 e. The molecule has 2 aliphatic heterocycles. The van der Waals surface area contributed by atoms with Gasteiger partial charge in [0.1, 0.15) is 11.9 Å². The Kier molecular flexibility index (Phi) is 5.30. The average molecular weight is 389 g/mol. The van der Waals surface area contributed by atoms with Gasteiger partial charge >= 0.3 is 0 Å². The number of aromatic nitrogens is 1. The van der Waals surface area contributed by atoms with Crippen molar-refractivity contribution >= 4 is 17.5 Å². The third-order valence-corrected chi connectivity index (χ3v) is 5.82. The average Bonchev–Trinajstić information content (AvgIpc) is 2.94. The fourth-order valence-electron chi connectivity index (χ4n) is 4.29. The van der Waals surface area contributed by atoms with Crippen LogP contribution < -0.4 is 4.74 Å². The monoisotopic (exact) mass is 388 g/mol. The van der Waals surface area contributed by atoms with E-state index in [1.807, 2.05) is 23.1 Å². The minimum atomic E-state index is -0.436. The molecule has 0 saturated carbocycles. The predicted octanol–water partition coefficient (Wildman–Crippen LogP) is 4.41. The van der Waals surface area contributed by atoms with E-state index in [0.717, 1.165) is 31.2 Å². The molecule has 4 rings (SSSR count). The molecular formula is C21H22ClFN2O2. The van der Waals surface area contributed by atoms with Gasteiger partial charge in [0.25, 0.3) is 0 Å². The van der Waals surface area contributed by atoms with Crippen LogP contribution >= 0.6 is 11.6 Å². The molecule has 0 aliphatic carbocycles. The minimum Gasteiger partial charge on any atom is -0.474 e. The van der Waals surface area contributed by atoms with E-state index in [4.69, 9.17) is 16.3 Å². The Bertz CT molecular complexity index is 803. The van der Waals surface area contributed by atoms with Crippen LogP contribution in [0.25, 0.3) is 0 Å². The normalized spacial score (nSPS) is 24.1. The molecule has 0 radical (unpaired) electrons. The number of nitrogens with zero attached hydrogens (tertiary/aromatic N) is 2. The first-order valence-corrected chi connectivity index (χ1v) is 9.80. The second-order valence-electron chi connectivity index (χ2n) is 7.31. The molecule has 3 heterocycles. The molecule has 2 bridgehead atoms. The number of halogens is 2. The van der Waals surface area contributed by atoms with E-state index < -0.39 is 5.82 Å². The molecule has 4 nitrogen and oxygen atoms in total. The van der Waals surface area contributed by atoms with E-state index >= 15 is 0 Å². The lowest BCUT2D eigenvalue weighted by Gasteiger charge is -2.38. The second kappa shape index (κ2) is 7.85. The molecule has 2 saturated heterocycles. The highest BCUT2D eigenvalue weighted by atomic mass is 35.5. The van der Waals surface area contributed by atoms with Gasteiger partial charge in [-0.15, -0.1) is 0 Å². The van der Waals surface area contributed by atoms with Crippen LogP contribution in [-0.2, 0) is 11.2 Å². The summed E-state index contributed by atoms with van der Waals surface area (Å²) in [5.41, 5.74) is 0.797. The number of amides is 1. The second-order valence-corrected chi connectivity index (χ2v) is 7.72. The Hall–Kier alpha value is -2.14. The number of rotatable bonds is 5. The number of carbonyl (C=O) groups excluding carboxylic acids is 1. The molecule has 0 N–H and O–H groups in total. The Morgan fingerprint density at radius 2 is 2.00 bits per heavy atom. The molecule has 1 amide bonds. The smallest absolute Gasteiger partial charge is 0.223 e. The van der Waals surface area contributed by atoms with Crippen molar-refractivity contribution in [1.82, 2.24) is 9.88 Å². The number of hydrogen-bond donors (Lipinski definition) is 0. The summed E-state index contributed by atoms with van der Waals surface area (Å²) < 4.78 is 19.6. The number of aryl methyl sites for hydroxylation is 1. The molecule has 142 valence electrons. The summed E-state index contributed by atoms with van der Waals surface area (Å²) in [5, 5.41) is 0.109. The highest BCUT2D eigenvalue weighted by molar-refractivity contribution is 6.30. The van der Waals surface area contributed by atoms with Crippen molar-refractivity contribution in [2.45, 2.75) is 56.7 Å². The van der Waals surface area contributed by atoms with Gasteiger partial charge in [0.15, 0.2) is 0 Å². The molecule has 2 atom stereocenters. The van der Waals surface area contributed by atoms with Gasteiger partial charge in [-0.05, 0) is 43.0 Å². The number of hydrogen-bond acceptors (Lipinski definition) is 3. The zero-order valence-electron chi connectivity index (χ0n) is 15.0. The summed E-state index contributed by atoms with van der Waals surface area (Å²) in [4.78, 5) is 19.1. The van der Waals surface area contributed by atoms with E-state index in [-0.39, 0.29) is 29.1 Å². The first-order chi connectivity index (χ1) is 13.1. The zero-order chi connectivity index (χ0) is 18.8. The standard InChI is InChI=1S/C21H22ClFN2O2/c22-18-8-4-14(11-19(18)23)5-9-21(26)25-15-6-7-16(25)13-17(12-15)27-20-3-1-2-10-24-20/h1-4,8,10-11,15-17H,5-7,9,12-13H2. The van der Waals surface area contributed by atoms with Gasteiger partial charge in [-0.1, -0.05) is 23.7 Å². The van der Waals surface area contributed by atoms with Crippen LogP contribution in [0.4, 0.5) is 4.39 Å². The molecule has 1 aromatic carbocycles. The van der Waals surface area contributed by atoms with Crippen molar-refractivity contribution in [3.8, 4) is 5.88 Å². The Morgan fingerprint density at radius 3 is 2.67 bits per heavy atom. The van der Waals surface area contributed by atoms with Gasteiger partial charge in [-0.2, -0.15) is 0 Å². The van der Waals surface area contributed by atoms with Crippen LogP contribution in [0.15, 0.2) is 42.6 Å². The number of benzene rings is 1. The molecule has 1 aromatic heterocycles. The third-order valence-electron chi connectivity index (χ3n) is 5.51. The van der Waals surface area contributed by atoms with Crippen molar-refractivity contribution in [2.24, 2.45) is 0 Å². The van der Waals surface area contributed by atoms with E-state index in [2.05, 4.69) is 4.98 Å². The van der Waals surface area contributed by atoms with Crippen LogP contribution in [0.5, 0.6) is 5.88 Å². The molecule has 6 heteroatoms. The van der Waals surface area contributed by atoms with Crippen molar-refractivity contribution in [3.63, 3.8) is 0 Å². The quantitative estimate of drug-likeness (QED) is 0.762. The summed E-state index contributed by atoms with van der Waals surface area (Å²) in [6.45, 7) is 0. The fraction of sp³-hybridized carbons (Fsp3) is 0.429. The van der Waals surface area contributed by atoms with Crippen LogP contribution in [0, 0.1) is 5.82 Å². The number of carbonyl (C=O) groups is 1. The first-order valence-electron chi connectivity index (χ1n) is 9.43. The number of fused-ring (bicyclic) bond motifs is 2. The van der Waals surface area contributed by atoms with E-state index in [9.17, 15) is 9.18 Å². The lowest BCUT2D eigenvalue weighted by molar-refractivity contribution is -0.137. The summed E-state index contributed by atoms with van der Waals surface area (Å²) in [6.07, 6.45) is 6.47. The van der Waals surface area contributed by atoms with Gasteiger partial charge in [-0.3, -0.25) is 4.79 Å². The van der Waals surface area contributed by atoms with E-state index in [1.54, 1.807) is 18.3 Å². The van der Waals surface area contributed by atoms with E-state index in [1.165, 1.54) is 6.07 Å². The lowest BCUT2D eigenvalue weighted by Crippen LogP contribution is -2.49. The minimum absolute atomic E-state index is 0.104. The maximum atomic E-state index is 13.6. The van der Waals surface area contributed by atoms with E-state index in [0.29, 0.717) is 18.7 Å². The summed E-state index contributed by atoms with van der Waals surface area (Å²) in [7, 11) is 0. The summed E-state index contributed by atoms with van der Waals surface area (Å²) >= 11 is 5.72. The highest BCUT2D eigenvalue weighted by Gasteiger charge is 2.43.